The van der Waals surface area contributed by atoms with Crippen LogP contribution in [0.15, 0.2) is 0 Å². The maximum atomic E-state index is 12.2. The van der Waals surface area contributed by atoms with Gasteiger partial charge in [-0.25, -0.2) is 8.42 Å². The van der Waals surface area contributed by atoms with E-state index in [0.29, 0.717) is 19.5 Å². The maximum absolute atomic E-state index is 12.2. The van der Waals surface area contributed by atoms with Gasteiger partial charge >= 0.3 is 0 Å². The number of hydrogen-bond acceptors (Lipinski definition) is 4. The molecule has 130 valence electrons. The quantitative estimate of drug-likeness (QED) is 0.798. The first-order valence-corrected chi connectivity index (χ1v) is 10.5. The van der Waals surface area contributed by atoms with Crippen LogP contribution in [0, 0.1) is 11.8 Å². The molecule has 0 aromatic carbocycles. The van der Waals surface area contributed by atoms with Crippen LogP contribution in [0.5, 0.6) is 0 Å². The fourth-order valence-electron chi connectivity index (χ4n) is 4.12. The SMILES string of the molecule is O=C(NCCC1CCCC1)C1CC(=O)N(C2CCS(=O)(=O)C2)C1. The van der Waals surface area contributed by atoms with Crippen molar-refractivity contribution < 1.29 is 18.0 Å². The molecule has 2 atom stereocenters. The Morgan fingerprint density at radius 2 is 1.96 bits per heavy atom. The largest absolute Gasteiger partial charge is 0.356 e. The minimum Gasteiger partial charge on any atom is -0.356 e. The summed E-state index contributed by atoms with van der Waals surface area (Å²) in [5, 5.41) is 2.96. The maximum Gasteiger partial charge on any atom is 0.225 e. The number of carbonyl (C=O) groups excluding carboxylic acids is 2. The smallest absolute Gasteiger partial charge is 0.225 e. The van der Waals surface area contributed by atoms with E-state index in [1.165, 1.54) is 25.7 Å². The highest BCUT2D eigenvalue weighted by atomic mass is 32.2. The second kappa shape index (κ2) is 6.79. The molecule has 3 aliphatic rings. The molecular weight excluding hydrogens is 316 g/mol. The van der Waals surface area contributed by atoms with Crippen LogP contribution < -0.4 is 5.32 Å². The first-order chi connectivity index (χ1) is 10.9. The molecule has 0 radical (unpaired) electrons. The van der Waals surface area contributed by atoms with Gasteiger partial charge in [0.15, 0.2) is 9.84 Å². The normalized spacial score (nSPS) is 31.0. The molecule has 7 heteroatoms. The average Bonchev–Trinajstić information content (AvgIpc) is 3.19. The van der Waals surface area contributed by atoms with E-state index >= 15 is 0 Å². The number of sulfone groups is 1. The third kappa shape index (κ3) is 4.05. The molecule has 3 rings (SSSR count). The summed E-state index contributed by atoms with van der Waals surface area (Å²) < 4.78 is 23.1. The van der Waals surface area contributed by atoms with Gasteiger partial charge < -0.3 is 10.2 Å². The highest BCUT2D eigenvalue weighted by molar-refractivity contribution is 7.91. The lowest BCUT2D eigenvalue weighted by atomic mass is 10.0. The minimum absolute atomic E-state index is 0.0504. The predicted molar refractivity (Wildman–Crippen MR) is 86.5 cm³/mol. The number of amides is 2. The monoisotopic (exact) mass is 342 g/mol. The molecule has 1 aliphatic carbocycles. The topological polar surface area (TPSA) is 83.6 Å². The van der Waals surface area contributed by atoms with Crippen LogP contribution in [0.25, 0.3) is 0 Å². The molecule has 0 aromatic rings. The lowest BCUT2D eigenvalue weighted by Crippen LogP contribution is -2.39. The molecule has 1 saturated carbocycles. The average molecular weight is 342 g/mol. The van der Waals surface area contributed by atoms with E-state index in [-0.39, 0.29) is 41.7 Å². The zero-order chi connectivity index (χ0) is 16.4. The Kier molecular flexibility index (Phi) is 4.94. The van der Waals surface area contributed by atoms with Gasteiger partial charge in [-0.15, -0.1) is 0 Å². The summed E-state index contributed by atoms with van der Waals surface area (Å²) in [5.74, 6) is 0.479. The number of likely N-dealkylation sites (tertiary alicyclic amines) is 1. The predicted octanol–water partition coefficient (Wildman–Crippen LogP) is 0.718. The Morgan fingerprint density at radius 1 is 1.22 bits per heavy atom. The van der Waals surface area contributed by atoms with Gasteiger partial charge in [0.1, 0.15) is 0 Å². The number of hydrogen-bond donors (Lipinski definition) is 1. The number of rotatable bonds is 5. The fourth-order valence-corrected chi connectivity index (χ4v) is 5.85. The Balaban J connectivity index is 1.46. The first kappa shape index (κ1) is 16.7. The van der Waals surface area contributed by atoms with Crippen LogP contribution in [-0.4, -0.2) is 55.8 Å². The summed E-state index contributed by atoms with van der Waals surface area (Å²) in [7, 11) is -3.01. The Morgan fingerprint density at radius 3 is 2.61 bits per heavy atom. The first-order valence-electron chi connectivity index (χ1n) is 8.72. The molecule has 0 spiro atoms. The van der Waals surface area contributed by atoms with Crippen molar-refractivity contribution in [2.75, 3.05) is 24.6 Å². The van der Waals surface area contributed by atoms with Gasteiger partial charge in [-0.1, -0.05) is 25.7 Å². The van der Waals surface area contributed by atoms with Gasteiger partial charge in [0.2, 0.25) is 11.8 Å². The Labute approximate surface area is 137 Å². The molecule has 3 fully saturated rings. The van der Waals surface area contributed by atoms with Crippen molar-refractivity contribution in [3.05, 3.63) is 0 Å². The summed E-state index contributed by atoms with van der Waals surface area (Å²) >= 11 is 0. The zero-order valence-corrected chi connectivity index (χ0v) is 14.3. The summed E-state index contributed by atoms with van der Waals surface area (Å²) in [5.41, 5.74) is 0. The van der Waals surface area contributed by atoms with Crippen LogP contribution in [0.3, 0.4) is 0 Å². The van der Waals surface area contributed by atoms with E-state index in [0.717, 1.165) is 12.3 Å². The molecule has 2 heterocycles. The van der Waals surface area contributed by atoms with Crippen LogP contribution in [0.4, 0.5) is 0 Å². The van der Waals surface area contributed by atoms with Crippen LogP contribution in [0.1, 0.15) is 44.9 Å². The highest BCUT2D eigenvalue weighted by Crippen LogP contribution is 2.28. The van der Waals surface area contributed by atoms with Crippen molar-refractivity contribution in [1.82, 2.24) is 10.2 Å². The molecule has 6 nitrogen and oxygen atoms in total. The second-order valence-corrected chi connectivity index (χ2v) is 9.46. The lowest BCUT2D eigenvalue weighted by molar-refractivity contribution is -0.130. The van der Waals surface area contributed by atoms with Crippen LogP contribution in [-0.2, 0) is 19.4 Å². The van der Waals surface area contributed by atoms with Crippen molar-refractivity contribution in [3.8, 4) is 0 Å². The Hall–Kier alpha value is -1.11. The summed E-state index contributed by atoms with van der Waals surface area (Å²) in [6, 6.07) is -0.233. The fraction of sp³-hybridized carbons (Fsp3) is 0.875. The lowest BCUT2D eigenvalue weighted by Gasteiger charge is -2.23. The summed E-state index contributed by atoms with van der Waals surface area (Å²) in [6.45, 7) is 1.06. The van der Waals surface area contributed by atoms with Crippen molar-refractivity contribution in [1.29, 1.82) is 0 Å². The van der Waals surface area contributed by atoms with Crippen LogP contribution in [0.2, 0.25) is 0 Å². The second-order valence-electron chi connectivity index (χ2n) is 7.23. The van der Waals surface area contributed by atoms with Crippen molar-refractivity contribution in [3.63, 3.8) is 0 Å². The van der Waals surface area contributed by atoms with E-state index in [9.17, 15) is 18.0 Å². The third-order valence-corrected chi connectivity index (χ3v) is 7.26. The Bertz CT molecular complexity index is 569. The number of nitrogens with zero attached hydrogens (tertiary/aromatic N) is 1. The van der Waals surface area contributed by atoms with Gasteiger partial charge in [0.05, 0.1) is 17.4 Å². The van der Waals surface area contributed by atoms with E-state index in [4.69, 9.17) is 0 Å². The van der Waals surface area contributed by atoms with E-state index in [2.05, 4.69) is 5.32 Å². The molecule has 0 aromatic heterocycles. The van der Waals surface area contributed by atoms with E-state index < -0.39 is 9.84 Å². The number of nitrogens with one attached hydrogen (secondary N) is 1. The van der Waals surface area contributed by atoms with Gasteiger partial charge in [-0.2, -0.15) is 0 Å². The van der Waals surface area contributed by atoms with E-state index in [1.54, 1.807) is 4.90 Å². The zero-order valence-electron chi connectivity index (χ0n) is 13.5. The van der Waals surface area contributed by atoms with Gasteiger partial charge in [0.25, 0.3) is 0 Å². The van der Waals surface area contributed by atoms with E-state index in [1.807, 2.05) is 0 Å². The van der Waals surface area contributed by atoms with Gasteiger partial charge in [-0.05, 0) is 18.8 Å². The highest BCUT2D eigenvalue weighted by Gasteiger charge is 2.41. The van der Waals surface area contributed by atoms with Crippen molar-refractivity contribution >= 4 is 21.7 Å². The summed E-state index contributed by atoms with van der Waals surface area (Å²) in [4.78, 5) is 26.0. The molecule has 2 unspecified atom stereocenters. The molecule has 2 saturated heterocycles. The van der Waals surface area contributed by atoms with Crippen molar-refractivity contribution in [2.45, 2.75) is 51.0 Å². The number of carbonyl (C=O) groups is 2. The molecule has 0 bridgehead atoms. The standard InChI is InChI=1S/C16H26N2O4S/c19-15-9-13(10-18(15)14-6-8-23(21,22)11-14)16(20)17-7-5-12-3-1-2-4-12/h12-14H,1-11H2,(H,17,20). The minimum atomic E-state index is -3.01. The molecule has 2 aliphatic heterocycles. The van der Waals surface area contributed by atoms with Gasteiger partial charge in [-0.3, -0.25) is 9.59 Å². The molecular formula is C16H26N2O4S. The molecule has 23 heavy (non-hydrogen) atoms. The summed E-state index contributed by atoms with van der Waals surface area (Å²) in [6.07, 6.45) is 6.88. The van der Waals surface area contributed by atoms with Gasteiger partial charge in [0, 0.05) is 25.6 Å². The third-order valence-electron chi connectivity index (χ3n) is 5.50. The van der Waals surface area contributed by atoms with Crippen LogP contribution >= 0.6 is 0 Å². The van der Waals surface area contributed by atoms with Crippen molar-refractivity contribution in [2.24, 2.45) is 11.8 Å². The molecule has 1 N–H and O–H groups in total. The molecule has 2 amide bonds.